The van der Waals surface area contributed by atoms with Gasteiger partial charge < -0.3 is 10.0 Å². The van der Waals surface area contributed by atoms with Gasteiger partial charge in [0.2, 0.25) is 0 Å². The molecule has 2 aromatic rings. The minimum atomic E-state index is -1.85. The second kappa shape index (κ2) is 4.97. The minimum Gasteiger partial charge on any atom is -0.374 e. The van der Waals surface area contributed by atoms with E-state index in [0.29, 0.717) is 16.8 Å². The molecule has 0 aromatic heterocycles. The Hall–Kier alpha value is -2.64. The van der Waals surface area contributed by atoms with Crippen molar-refractivity contribution in [3.05, 3.63) is 65.2 Å². The predicted molar refractivity (Wildman–Crippen MR) is 83.3 cm³/mol. The van der Waals surface area contributed by atoms with Crippen molar-refractivity contribution in [3.63, 3.8) is 0 Å². The van der Waals surface area contributed by atoms with E-state index in [-0.39, 0.29) is 0 Å². The number of carbonyl (C=O) groups excluding carboxylic acids is 1. The average Bonchev–Trinajstić information content (AvgIpc) is 2.71. The lowest BCUT2D eigenvalue weighted by atomic mass is 9.78. The summed E-state index contributed by atoms with van der Waals surface area (Å²) in [7, 11) is 1.62. The Kier molecular flexibility index (Phi) is 3.23. The molecule has 110 valence electrons. The highest BCUT2D eigenvalue weighted by atomic mass is 16.3. The van der Waals surface area contributed by atoms with E-state index in [1.165, 1.54) is 4.90 Å². The van der Waals surface area contributed by atoms with Crippen LogP contribution in [0.3, 0.4) is 0 Å². The lowest BCUT2D eigenvalue weighted by Crippen LogP contribution is -2.43. The number of benzene rings is 2. The molecule has 0 fully saturated rings. The van der Waals surface area contributed by atoms with Gasteiger partial charge in [-0.3, -0.25) is 4.79 Å². The van der Waals surface area contributed by atoms with Gasteiger partial charge in [-0.15, -0.1) is 0 Å². The SMILES string of the molecule is Cc1ccc2c(c1)[C@@](O)([C@H](C#N)c1ccccc1)C(=O)N2C. The fourth-order valence-electron chi connectivity index (χ4n) is 3.06. The number of hydrogen-bond donors (Lipinski definition) is 1. The maximum atomic E-state index is 12.7. The first-order valence-corrected chi connectivity index (χ1v) is 7.06. The number of aryl methyl sites for hydroxylation is 1. The molecule has 22 heavy (non-hydrogen) atoms. The molecular weight excluding hydrogens is 276 g/mol. The molecule has 3 rings (SSSR count). The lowest BCUT2D eigenvalue weighted by molar-refractivity contribution is -0.136. The summed E-state index contributed by atoms with van der Waals surface area (Å²) in [4.78, 5) is 14.1. The molecule has 0 radical (unpaired) electrons. The molecule has 0 bridgehead atoms. The Morgan fingerprint density at radius 3 is 2.55 bits per heavy atom. The van der Waals surface area contributed by atoms with Crippen LogP contribution in [0, 0.1) is 18.3 Å². The number of anilines is 1. The smallest absolute Gasteiger partial charge is 0.265 e. The molecule has 1 N–H and O–H groups in total. The van der Waals surface area contributed by atoms with Crippen LogP contribution < -0.4 is 4.90 Å². The van der Waals surface area contributed by atoms with Gasteiger partial charge in [-0.05, 0) is 18.6 Å². The van der Waals surface area contributed by atoms with Crippen molar-refractivity contribution in [2.45, 2.75) is 18.4 Å². The van der Waals surface area contributed by atoms with Gasteiger partial charge in [-0.1, -0.05) is 48.0 Å². The largest absolute Gasteiger partial charge is 0.374 e. The van der Waals surface area contributed by atoms with Crippen LogP contribution in [0.15, 0.2) is 48.5 Å². The summed E-state index contributed by atoms with van der Waals surface area (Å²) in [5, 5.41) is 20.8. The Labute approximate surface area is 129 Å². The number of fused-ring (bicyclic) bond motifs is 1. The highest BCUT2D eigenvalue weighted by molar-refractivity contribution is 6.07. The molecular formula is C18H16N2O2. The molecule has 1 amide bonds. The molecule has 1 heterocycles. The standard InChI is InChI=1S/C18H16N2O2/c1-12-8-9-16-14(10-12)18(22,17(21)20(16)2)15(11-19)13-6-4-3-5-7-13/h3-10,15,22H,1-2H3/t15-,18-/m1/s1. The van der Waals surface area contributed by atoms with Crippen LogP contribution in [-0.2, 0) is 10.4 Å². The number of likely N-dealkylation sites (N-methyl/N-ethyl adjacent to an activating group) is 1. The first kappa shape index (κ1) is 14.3. The van der Waals surface area contributed by atoms with Gasteiger partial charge in [0.1, 0.15) is 5.92 Å². The first-order valence-electron chi connectivity index (χ1n) is 7.06. The molecule has 1 aliphatic heterocycles. The third kappa shape index (κ3) is 1.83. The quantitative estimate of drug-likeness (QED) is 0.924. The van der Waals surface area contributed by atoms with Gasteiger partial charge in [-0.25, -0.2) is 0 Å². The summed E-state index contributed by atoms with van der Waals surface area (Å²) in [5.74, 6) is -1.42. The zero-order valence-corrected chi connectivity index (χ0v) is 12.4. The van der Waals surface area contributed by atoms with Crippen molar-refractivity contribution in [3.8, 4) is 6.07 Å². The maximum Gasteiger partial charge on any atom is 0.265 e. The number of nitriles is 1. The van der Waals surface area contributed by atoms with E-state index in [2.05, 4.69) is 6.07 Å². The van der Waals surface area contributed by atoms with E-state index in [1.54, 1.807) is 43.4 Å². The Morgan fingerprint density at radius 2 is 1.91 bits per heavy atom. The fourth-order valence-corrected chi connectivity index (χ4v) is 3.06. The van der Waals surface area contributed by atoms with E-state index in [0.717, 1.165) is 5.56 Å². The number of nitrogens with zero attached hydrogens (tertiary/aromatic N) is 2. The van der Waals surface area contributed by atoms with Crippen molar-refractivity contribution in [2.75, 3.05) is 11.9 Å². The van der Waals surface area contributed by atoms with Gasteiger partial charge in [0.15, 0.2) is 5.60 Å². The van der Waals surface area contributed by atoms with E-state index >= 15 is 0 Å². The molecule has 4 heteroatoms. The van der Waals surface area contributed by atoms with Crippen LogP contribution in [0.2, 0.25) is 0 Å². The lowest BCUT2D eigenvalue weighted by Gasteiger charge is -2.27. The number of amides is 1. The maximum absolute atomic E-state index is 12.7. The van der Waals surface area contributed by atoms with Crippen LogP contribution in [0.4, 0.5) is 5.69 Å². The summed E-state index contributed by atoms with van der Waals surface area (Å²) in [6, 6.07) is 16.5. The summed E-state index contributed by atoms with van der Waals surface area (Å²) in [6.07, 6.45) is 0. The molecule has 0 spiro atoms. The molecule has 4 nitrogen and oxygen atoms in total. The second-order valence-corrected chi connectivity index (χ2v) is 5.62. The van der Waals surface area contributed by atoms with Crippen LogP contribution in [-0.4, -0.2) is 18.1 Å². The Balaban J connectivity index is 2.23. The van der Waals surface area contributed by atoms with Crippen molar-refractivity contribution < 1.29 is 9.90 Å². The van der Waals surface area contributed by atoms with Gasteiger partial charge in [0, 0.05) is 12.6 Å². The van der Waals surface area contributed by atoms with Crippen molar-refractivity contribution in [1.29, 1.82) is 5.26 Å². The second-order valence-electron chi connectivity index (χ2n) is 5.62. The van der Waals surface area contributed by atoms with Crippen molar-refractivity contribution in [2.24, 2.45) is 0 Å². The van der Waals surface area contributed by atoms with Gasteiger partial charge in [-0.2, -0.15) is 5.26 Å². The Bertz CT molecular complexity index is 779. The normalized spacial score (nSPS) is 21.4. The predicted octanol–water partition coefficient (Wildman–Crippen LogP) is 2.47. The van der Waals surface area contributed by atoms with E-state index in [9.17, 15) is 15.2 Å². The minimum absolute atomic E-state index is 0.469. The van der Waals surface area contributed by atoms with Crippen molar-refractivity contribution in [1.82, 2.24) is 0 Å². The third-order valence-electron chi connectivity index (χ3n) is 4.23. The van der Waals surface area contributed by atoms with Gasteiger partial charge in [0.05, 0.1) is 11.8 Å². The van der Waals surface area contributed by atoms with Crippen LogP contribution in [0.25, 0.3) is 0 Å². The van der Waals surface area contributed by atoms with Crippen LogP contribution in [0.5, 0.6) is 0 Å². The zero-order chi connectivity index (χ0) is 15.9. The highest BCUT2D eigenvalue weighted by Crippen LogP contribution is 2.47. The molecule has 0 saturated carbocycles. The van der Waals surface area contributed by atoms with E-state index < -0.39 is 17.4 Å². The van der Waals surface area contributed by atoms with Gasteiger partial charge >= 0.3 is 0 Å². The highest BCUT2D eigenvalue weighted by Gasteiger charge is 2.54. The monoisotopic (exact) mass is 292 g/mol. The molecule has 2 atom stereocenters. The summed E-state index contributed by atoms with van der Waals surface area (Å²) in [5.41, 5.74) is 0.852. The zero-order valence-electron chi connectivity index (χ0n) is 12.4. The van der Waals surface area contributed by atoms with Crippen molar-refractivity contribution >= 4 is 11.6 Å². The van der Waals surface area contributed by atoms with E-state index in [1.807, 2.05) is 19.1 Å². The molecule has 0 saturated heterocycles. The Morgan fingerprint density at radius 1 is 1.23 bits per heavy atom. The first-order chi connectivity index (χ1) is 10.5. The van der Waals surface area contributed by atoms with Crippen LogP contribution in [0.1, 0.15) is 22.6 Å². The third-order valence-corrected chi connectivity index (χ3v) is 4.23. The topological polar surface area (TPSA) is 64.3 Å². The number of rotatable bonds is 2. The van der Waals surface area contributed by atoms with Crippen LogP contribution >= 0.6 is 0 Å². The number of aliphatic hydroxyl groups is 1. The van der Waals surface area contributed by atoms with Gasteiger partial charge in [0.25, 0.3) is 5.91 Å². The number of carbonyl (C=O) groups is 1. The fraction of sp³-hybridized carbons (Fsp3) is 0.222. The summed E-state index contributed by atoms with van der Waals surface area (Å²) in [6.45, 7) is 1.90. The summed E-state index contributed by atoms with van der Waals surface area (Å²) >= 11 is 0. The average molecular weight is 292 g/mol. The molecule has 2 aromatic carbocycles. The summed E-state index contributed by atoms with van der Waals surface area (Å²) < 4.78 is 0. The molecule has 1 aliphatic rings. The van der Waals surface area contributed by atoms with E-state index in [4.69, 9.17) is 0 Å². The number of hydrogen-bond acceptors (Lipinski definition) is 3. The molecule has 0 aliphatic carbocycles. The molecule has 0 unspecified atom stereocenters.